The number of hydrogen-bond acceptors (Lipinski definition) is 10. The van der Waals surface area contributed by atoms with Crippen LogP contribution in [0.1, 0.15) is 36.8 Å². The number of nitrogens with one attached hydrogen (secondary N) is 3. The summed E-state index contributed by atoms with van der Waals surface area (Å²) in [6.07, 6.45) is 5.00. The Balaban J connectivity index is 1.12. The maximum absolute atomic E-state index is 15.8. The number of nitrogens with zero attached hydrogens (tertiary/aromatic N) is 6. The van der Waals surface area contributed by atoms with E-state index in [-0.39, 0.29) is 59.1 Å². The van der Waals surface area contributed by atoms with E-state index < -0.39 is 11.6 Å². The molecule has 2 aromatic carbocycles. The van der Waals surface area contributed by atoms with E-state index in [0.717, 1.165) is 0 Å². The number of pyridine rings is 4. The number of amides is 2. The monoisotopic (exact) mass is 748 g/mol. The molecule has 6 aromatic rings. The van der Waals surface area contributed by atoms with E-state index in [2.05, 4.69) is 43.0 Å². The minimum atomic E-state index is -0.543. The molecular weight excluding hydrogens is 715 g/mol. The van der Waals surface area contributed by atoms with Gasteiger partial charge in [-0.05, 0) is 89.9 Å². The molecule has 0 bridgehead atoms. The summed E-state index contributed by atoms with van der Waals surface area (Å²) in [6, 6.07) is 20.4. The first-order valence-electron chi connectivity index (χ1n) is 18.1. The Morgan fingerprint density at radius 3 is 1.95 bits per heavy atom. The molecule has 14 heteroatoms. The van der Waals surface area contributed by atoms with Crippen LogP contribution in [0.15, 0.2) is 73.1 Å². The van der Waals surface area contributed by atoms with Gasteiger partial charge in [-0.3, -0.25) is 9.59 Å². The maximum Gasteiger partial charge on any atom is 0.228 e. The van der Waals surface area contributed by atoms with Gasteiger partial charge in [0.05, 0.1) is 23.5 Å². The van der Waals surface area contributed by atoms with Gasteiger partial charge >= 0.3 is 0 Å². The van der Waals surface area contributed by atoms with Gasteiger partial charge in [-0.25, -0.2) is 28.7 Å². The molecule has 2 aliphatic rings. The van der Waals surface area contributed by atoms with Crippen LogP contribution in [0, 0.1) is 64.9 Å². The van der Waals surface area contributed by atoms with Crippen LogP contribution in [0.3, 0.4) is 0 Å². The zero-order chi connectivity index (χ0) is 39.1. The maximum atomic E-state index is 15.8. The quantitative estimate of drug-likeness (QED) is 0.102. The molecule has 2 fully saturated rings. The van der Waals surface area contributed by atoms with Gasteiger partial charge in [0, 0.05) is 65.5 Å². The second-order valence-corrected chi connectivity index (χ2v) is 14.3. The Kier molecular flexibility index (Phi) is 9.40. The third kappa shape index (κ3) is 7.12. The molecule has 5 N–H and O–H groups in total. The highest BCUT2D eigenvalue weighted by molar-refractivity contribution is 6.00. The number of nitrogen functional groups attached to an aromatic ring is 1. The predicted molar refractivity (Wildman–Crippen MR) is 207 cm³/mol. The summed E-state index contributed by atoms with van der Waals surface area (Å²) >= 11 is 0. The van der Waals surface area contributed by atoms with Crippen molar-refractivity contribution in [2.45, 2.75) is 39.2 Å². The number of fused-ring (bicyclic) bond motifs is 2. The topological polar surface area (TPSA) is 195 Å². The van der Waals surface area contributed by atoms with Gasteiger partial charge in [-0.2, -0.15) is 10.5 Å². The van der Waals surface area contributed by atoms with E-state index >= 15 is 8.78 Å². The van der Waals surface area contributed by atoms with Gasteiger partial charge < -0.3 is 21.7 Å². The third-order valence-corrected chi connectivity index (χ3v) is 10.5. The Hall–Kier alpha value is -7.06. The van der Waals surface area contributed by atoms with E-state index in [0.29, 0.717) is 87.1 Å². The standard InChI is InChI=1S/C42H34F2N10O2/c1-21-4-2-6-31(43)37(21)33-15-26-17-36(54-42(56)28-13-23(28)9-11-46)49-20-30(26)40(52-33)50-18-24-5-3-7-32(44)38(24)34-14-25-16-35(48-19-29(25)39(47)51-34)53-41(55)27-12-22(27)8-10-45/h2-7,14-17,19-20,22-23,27-28H,8-9,12-13,18H2,1H3,(H2,47,51)(H,50,52)(H,48,53,55)(H,49,54,56)/t22-,23+,27-,28+/m1/s1. The minimum absolute atomic E-state index is 0.0314. The van der Waals surface area contributed by atoms with Crippen LogP contribution in [0.2, 0.25) is 0 Å². The number of nitrogens with two attached hydrogens (primary N) is 1. The van der Waals surface area contributed by atoms with Crippen LogP contribution < -0.4 is 21.7 Å². The van der Waals surface area contributed by atoms with Gasteiger partial charge in [-0.1, -0.05) is 24.3 Å². The second-order valence-electron chi connectivity index (χ2n) is 14.3. The molecule has 2 amide bonds. The number of carbonyl (C=O) groups is 2. The molecule has 0 radical (unpaired) electrons. The number of halogens is 2. The van der Waals surface area contributed by atoms with E-state index in [1.165, 1.54) is 18.3 Å². The fraction of sp³-hybridized carbons (Fsp3) is 0.238. The summed E-state index contributed by atoms with van der Waals surface area (Å²) < 4.78 is 31.1. The number of benzene rings is 2. The normalized spacial score (nSPS) is 18.2. The molecule has 4 atom stereocenters. The molecular formula is C42H34F2N10O2. The number of hydrogen-bond donors (Lipinski definition) is 4. The van der Waals surface area contributed by atoms with Gasteiger partial charge in [0.25, 0.3) is 0 Å². The summed E-state index contributed by atoms with van der Waals surface area (Å²) in [5.74, 6) is -0.761. The average Bonchev–Trinajstić information content (AvgIpc) is 4.11. The van der Waals surface area contributed by atoms with Crippen molar-refractivity contribution in [1.29, 1.82) is 10.5 Å². The third-order valence-electron chi connectivity index (χ3n) is 10.5. The molecule has 278 valence electrons. The molecule has 0 unspecified atom stereocenters. The molecule has 4 heterocycles. The second kappa shape index (κ2) is 14.6. The zero-order valence-corrected chi connectivity index (χ0v) is 30.1. The lowest BCUT2D eigenvalue weighted by atomic mass is 10.0. The lowest BCUT2D eigenvalue weighted by molar-refractivity contribution is -0.118. The molecule has 4 aromatic heterocycles. The Morgan fingerprint density at radius 1 is 0.786 bits per heavy atom. The van der Waals surface area contributed by atoms with E-state index in [4.69, 9.17) is 21.2 Å². The lowest BCUT2D eigenvalue weighted by Crippen LogP contribution is -2.15. The number of aromatic nitrogens is 4. The van der Waals surface area contributed by atoms with Crippen molar-refractivity contribution in [2.24, 2.45) is 23.7 Å². The van der Waals surface area contributed by atoms with Crippen molar-refractivity contribution in [1.82, 2.24) is 19.9 Å². The first kappa shape index (κ1) is 35.9. The van der Waals surface area contributed by atoms with Crippen LogP contribution in [0.5, 0.6) is 0 Å². The van der Waals surface area contributed by atoms with Crippen molar-refractivity contribution in [3.05, 3.63) is 95.8 Å². The smallest absolute Gasteiger partial charge is 0.228 e. The number of anilines is 4. The van der Waals surface area contributed by atoms with Crippen molar-refractivity contribution in [3.63, 3.8) is 0 Å². The van der Waals surface area contributed by atoms with E-state index in [9.17, 15) is 9.59 Å². The van der Waals surface area contributed by atoms with Crippen LogP contribution in [0.4, 0.5) is 32.1 Å². The largest absolute Gasteiger partial charge is 0.383 e. The SMILES string of the molecule is Cc1cccc(F)c1-c1cc2cc(NC(=O)[C@H]3C[C@@H]3CC#N)ncc2c(NCc2cccc(F)c2-c2cc3cc(NC(=O)[C@@H]4C[C@H]4CC#N)ncc3c(N)n2)n1. The first-order valence-corrected chi connectivity index (χ1v) is 18.1. The molecule has 0 saturated heterocycles. The fourth-order valence-corrected chi connectivity index (χ4v) is 7.25. The van der Waals surface area contributed by atoms with Gasteiger partial charge in [-0.15, -0.1) is 0 Å². The number of nitriles is 2. The Morgan fingerprint density at radius 2 is 1.34 bits per heavy atom. The van der Waals surface area contributed by atoms with Crippen LogP contribution >= 0.6 is 0 Å². The molecule has 0 spiro atoms. The molecule has 56 heavy (non-hydrogen) atoms. The van der Waals surface area contributed by atoms with Crippen molar-refractivity contribution >= 4 is 56.6 Å². The Labute approximate surface area is 319 Å². The molecule has 12 nitrogen and oxygen atoms in total. The van der Waals surface area contributed by atoms with Crippen LogP contribution in [0.25, 0.3) is 44.1 Å². The number of rotatable bonds is 11. The zero-order valence-electron chi connectivity index (χ0n) is 30.1. The molecule has 0 aliphatic heterocycles. The minimum Gasteiger partial charge on any atom is -0.383 e. The van der Waals surface area contributed by atoms with Crippen molar-refractivity contribution < 1.29 is 18.4 Å². The predicted octanol–water partition coefficient (Wildman–Crippen LogP) is 7.66. The van der Waals surface area contributed by atoms with Crippen LogP contribution in [-0.2, 0) is 16.1 Å². The fourth-order valence-electron chi connectivity index (χ4n) is 7.25. The van der Waals surface area contributed by atoms with Crippen molar-refractivity contribution in [3.8, 4) is 34.7 Å². The van der Waals surface area contributed by atoms with E-state index in [1.54, 1.807) is 61.7 Å². The highest BCUT2D eigenvalue weighted by Crippen LogP contribution is 2.43. The molecule has 2 saturated carbocycles. The van der Waals surface area contributed by atoms with Gasteiger partial charge in [0.1, 0.15) is 34.9 Å². The molecule has 8 rings (SSSR count). The summed E-state index contributed by atoms with van der Waals surface area (Å²) in [7, 11) is 0. The number of carbonyl (C=O) groups excluding carboxylic acids is 2. The highest BCUT2D eigenvalue weighted by Gasteiger charge is 2.43. The molecule has 2 aliphatic carbocycles. The van der Waals surface area contributed by atoms with Gasteiger partial charge in [0.2, 0.25) is 11.8 Å². The summed E-state index contributed by atoms with van der Waals surface area (Å²) in [5, 5.41) is 29.3. The first-order chi connectivity index (χ1) is 27.1. The van der Waals surface area contributed by atoms with Crippen LogP contribution in [-0.4, -0.2) is 31.8 Å². The van der Waals surface area contributed by atoms with Gasteiger partial charge in [0.15, 0.2) is 0 Å². The number of aryl methyl sites for hydroxylation is 1. The summed E-state index contributed by atoms with van der Waals surface area (Å²) in [4.78, 5) is 43.8. The average molecular weight is 749 g/mol. The lowest BCUT2D eigenvalue weighted by Gasteiger charge is -2.16. The highest BCUT2D eigenvalue weighted by atomic mass is 19.1. The summed E-state index contributed by atoms with van der Waals surface area (Å²) in [6.45, 7) is 1.86. The van der Waals surface area contributed by atoms with E-state index in [1.807, 2.05) is 0 Å². The van der Waals surface area contributed by atoms with Crippen molar-refractivity contribution in [2.75, 3.05) is 21.7 Å². The summed E-state index contributed by atoms with van der Waals surface area (Å²) in [5.41, 5.74) is 8.66. The Bertz CT molecular complexity index is 2650.